The highest BCUT2D eigenvalue weighted by molar-refractivity contribution is 6.34. The van der Waals surface area contributed by atoms with Crippen molar-refractivity contribution in [3.8, 4) is 0 Å². The van der Waals surface area contributed by atoms with Crippen molar-refractivity contribution in [2.45, 2.75) is 0 Å². The van der Waals surface area contributed by atoms with Gasteiger partial charge < -0.3 is 14.3 Å². The molecule has 2 heterocycles. The first-order valence-corrected chi connectivity index (χ1v) is 6.54. The lowest BCUT2D eigenvalue weighted by Crippen LogP contribution is -2.44. The molecule has 1 aliphatic heterocycles. The Morgan fingerprint density at radius 3 is 2.70 bits per heavy atom. The molecule has 7 nitrogen and oxygen atoms in total. The summed E-state index contributed by atoms with van der Waals surface area (Å²) in [7, 11) is 3.92. The van der Waals surface area contributed by atoms with Gasteiger partial charge in [0.1, 0.15) is 7.85 Å². The van der Waals surface area contributed by atoms with Crippen LogP contribution in [-0.2, 0) is 0 Å². The van der Waals surface area contributed by atoms with E-state index in [2.05, 4.69) is 22.0 Å². The molecular formula is C12H15BN4O3. The van der Waals surface area contributed by atoms with Crippen LogP contribution in [0.3, 0.4) is 0 Å². The zero-order chi connectivity index (χ0) is 14.3. The van der Waals surface area contributed by atoms with Gasteiger partial charge in [-0.2, -0.15) is 0 Å². The minimum atomic E-state index is -0.422. The Kier molecular flexibility index (Phi) is 3.09. The lowest BCUT2D eigenvalue weighted by molar-refractivity contribution is -0.383. The van der Waals surface area contributed by atoms with Crippen LogP contribution in [0.4, 0.5) is 11.5 Å². The van der Waals surface area contributed by atoms with Gasteiger partial charge in [0.15, 0.2) is 5.82 Å². The van der Waals surface area contributed by atoms with Crippen molar-refractivity contribution in [1.82, 2.24) is 10.1 Å². The van der Waals surface area contributed by atoms with E-state index in [-0.39, 0.29) is 11.3 Å². The quantitative estimate of drug-likeness (QED) is 0.427. The molecule has 1 aromatic heterocycles. The van der Waals surface area contributed by atoms with Crippen LogP contribution in [0.5, 0.6) is 0 Å². The normalized spacial score (nSPS) is 16.8. The van der Waals surface area contributed by atoms with Gasteiger partial charge in [0.25, 0.3) is 0 Å². The number of nitrogens with zero attached hydrogens (tertiary/aromatic N) is 4. The first-order chi connectivity index (χ1) is 9.56. The van der Waals surface area contributed by atoms with Gasteiger partial charge in [-0.1, -0.05) is 16.7 Å². The Hall–Kier alpha value is -2.09. The van der Waals surface area contributed by atoms with Gasteiger partial charge >= 0.3 is 5.69 Å². The van der Waals surface area contributed by atoms with Crippen LogP contribution in [0.25, 0.3) is 11.0 Å². The summed E-state index contributed by atoms with van der Waals surface area (Å²) >= 11 is 0. The van der Waals surface area contributed by atoms with Crippen LogP contribution in [0.15, 0.2) is 16.7 Å². The van der Waals surface area contributed by atoms with Crippen molar-refractivity contribution in [1.29, 1.82) is 0 Å². The van der Waals surface area contributed by atoms with Crippen molar-refractivity contribution < 1.29 is 9.45 Å². The Labute approximate surface area is 116 Å². The smallest absolute Gasteiger partial charge is 0.314 e. The molecule has 0 atom stereocenters. The second-order valence-electron chi connectivity index (χ2n) is 5.21. The number of fused-ring (bicyclic) bond motifs is 1. The van der Waals surface area contributed by atoms with Crippen LogP contribution in [0, 0.1) is 10.1 Å². The first-order valence-electron chi connectivity index (χ1n) is 6.54. The molecule has 8 heteroatoms. The molecule has 1 aliphatic rings. The SMILES string of the molecule is Bc1cc([N+](=O)[O-])c2onc(N3CCN(C)CC3)c2c1. The van der Waals surface area contributed by atoms with Crippen molar-refractivity contribution in [3.63, 3.8) is 0 Å². The standard InChI is InChI=1S/C12H15BN4O3/c1-15-2-4-16(5-3-15)12-9-6-8(13)7-10(17(18)19)11(9)20-14-12/h6-7H,2-5,13H2,1H3. The van der Waals surface area contributed by atoms with Crippen LogP contribution < -0.4 is 10.4 Å². The molecule has 0 spiro atoms. The van der Waals surface area contributed by atoms with Gasteiger partial charge in [0.2, 0.25) is 5.58 Å². The number of hydrogen-bond acceptors (Lipinski definition) is 6. The van der Waals surface area contributed by atoms with Gasteiger partial charge in [-0.05, 0) is 7.05 Å². The highest BCUT2D eigenvalue weighted by Crippen LogP contribution is 2.31. The predicted molar refractivity (Wildman–Crippen MR) is 78.6 cm³/mol. The molecule has 0 N–H and O–H groups in total. The second-order valence-corrected chi connectivity index (χ2v) is 5.21. The Morgan fingerprint density at radius 1 is 1.35 bits per heavy atom. The van der Waals surface area contributed by atoms with E-state index < -0.39 is 4.92 Å². The average molecular weight is 274 g/mol. The maximum atomic E-state index is 11.1. The molecule has 0 amide bonds. The molecule has 2 aromatic rings. The summed E-state index contributed by atoms with van der Waals surface area (Å²) in [6.07, 6.45) is 0. The number of anilines is 1. The van der Waals surface area contributed by atoms with E-state index in [9.17, 15) is 10.1 Å². The fourth-order valence-electron chi connectivity index (χ4n) is 2.54. The highest BCUT2D eigenvalue weighted by Gasteiger charge is 2.24. The largest absolute Gasteiger partial charge is 0.351 e. The zero-order valence-corrected chi connectivity index (χ0v) is 11.5. The lowest BCUT2D eigenvalue weighted by atomic mass is 9.94. The monoisotopic (exact) mass is 274 g/mol. The van der Waals surface area contributed by atoms with Gasteiger partial charge in [-0.3, -0.25) is 10.1 Å². The van der Waals surface area contributed by atoms with Gasteiger partial charge in [-0.25, -0.2) is 0 Å². The number of rotatable bonds is 2. The van der Waals surface area contributed by atoms with Crippen LogP contribution >= 0.6 is 0 Å². The number of benzene rings is 1. The summed E-state index contributed by atoms with van der Waals surface area (Å²) in [5, 5.41) is 15.9. The summed E-state index contributed by atoms with van der Waals surface area (Å²) in [6.45, 7) is 3.59. The molecule has 0 saturated carbocycles. The molecule has 20 heavy (non-hydrogen) atoms. The Morgan fingerprint density at radius 2 is 2.05 bits per heavy atom. The number of non-ortho nitro benzene ring substituents is 1. The third-order valence-corrected chi connectivity index (χ3v) is 3.68. The second kappa shape index (κ2) is 4.79. The average Bonchev–Trinajstić information content (AvgIpc) is 2.82. The minimum Gasteiger partial charge on any atom is -0.351 e. The molecule has 0 unspecified atom stereocenters. The third kappa shape index (κ3) is 2.11. The van der Waals surface area contributed by atoms with Gasteiger partial charge in [0.05, 0.1) is 10.3 Å². The molecule has 1 saturated heterocycles. The number of hydrogen-bond donors (Lipinski definition) is 0. The van der Waals surface area contributed by atoms with Crippen LogP contribution in [0.1, 0.15) is 0 Å². The van der Waals surface area contributed by atoms with Crippen molar-refractivity contribution in [2.24, 2.45) is 0 Å². The molecule has 0 radical (unpaired) electrons. The molecule has 104 valence electrons. The summed E-state index contributed by atoms with van der Waals surface area (Å²) in [5.41, 5.74) is 1.07. The highest BCUT2D eigenvalue weighted by atomic mass is 16.6. The molecule has 0 aliphatic carbocycles. The van der Waals surface area contributed by atoms with Crippen molar-refractivity contribution >= 4 is 35.8 Å². The van der Waals surface area contributed by atoms with Crippen molar-refractivity contribution in [2.75, 3.05) is 38.1 Å². The number of nitro groups is 1. The van der Waals surface area contributed by atoms with Crippen LogP contribution in [0.2, 0.25) is 0 Å². The van der Waals surface area contributed by atoms with E-state index >= 15 is 0 Å². The fraction of sp³-hybridized carbons (Fsp3) is 0.417. The fourth-order valence-corrected chi connectivity index (χ4v) is 2.54. The lowest BCUT2D eigenvalue weighted by Gasteiger charge is -2.32. The Bertz CT molecular complexity index is 664. The van der Waals surface area contributed by atoms with Gasteiger partial charge in [0, 0.05) is 32.2 Å². The number of aromatic nitrogens is 1. The van der Waals surface area contributed by atoms with E-state index in [4.69, 9.17) is 4.52 Å². The maximum Gasteiger partial charge on any atom is 0.314 e. The number of piperazine rings is 1. The number of nitro benzene ring substituents is 1. The molecular weight excluding hydrogens is 259 g/mol. The molecule has 0 bridgehead atoms. The summed E-state index contributed by atoms with van der Waals surface area (Å²) in [5.74, 6) is 0.708. The zero-order valence-electron chi connectivity index (χ0n) is 11.5. The van der Waals surface area contributed by atoms with E-state index in [0.29, 0.717) is 5.82 Å². The van der Waals surface area contributed by atoms with Crippen molar-refractivity contribution in [3.05, 3.63) is 22.2 Å². The maximum absolute atomic E-state index is 11.1. The molecule has 1 fully saturated rings. The molecule has 3 rings (SSSR count). The van der Waals surface area contributed by atoms with E-state index in [1.54, 1.807) is 0 Å². The topological polar surface area (TPSA) is 75.6 Å². The minimum absolute atomic E-state index is 0.0205. The molecule has 1 aromatic carbocycles. The first kappa shape index (κ1) is 12.9. The summed E-state index contributed by atoms with van der Waals surface area (Å²) in [6, 6.07) is 3.41. The third-order valence-electron chi connectivity index (χ3n) is 3.68. The van der Waals surface area contributed by atoms with E-state index in [0.717, 1.165) is 37.0 Å². The summed E-state index contributed by atoms with van der Waals surface area (Å²) < 4.78 is 5.23. The van der Waals surface area contributed by atoms with E-state index in [1.807, 2.05) is 13.9 Å². The van der Waals surface area contributed by atoms with Gasteiger partial charge in [-0.15, -0.1) is 0 Å². The van der Waals surface area contributed by atoms with E-state index in [1.165, 1.54) is 6.07 Å². The number of likely N-dealkylation sites (N-methyl/N-ethyl adjacent to an activating group) is 1. The van der Waals surface area contributed by atoms with Crippen LogP contribution in [-0.4, -0.2) is 56.1 Å². The Balaban J connectivity index is 2.07. The summed E-state index contributed by atoms with van der Waals surface area (Å²) in [4.78, 5) is 15.0. The predicted octanol–water partition coefficient (Wildman–Crippen LogP) is -0.254.